The zero-order chi connectivity index (χ0) is 20.8. The quantitative estimate of drug-likeness (QED) is 0.295. The molecule has 158 valence electrons. The fourth-order valence-corrected chi connectivity index (χ4v) is 2.80. The van der Waals surface area contributed by atoms with Gasteiger partial charge in [-0.1, -0.05) is 13.3 Å². The van der Waals surface area contributed by atoms with Gasteiger partial charge in [-0.2, -0.15) is 0 Å². The van der Waals surface area contributed by atoms with Gasteiger partial charge in [0.15, 0.2) is 6.29 Å². The summed E-state index contributed by atoms with van der Waals surface area (Å²) in [6, 6.07) is 0. The molecule has 0 amide bonds. The summed E-state index contributed by atoms with van der Waals surface area (Å²) in [5.41, 5.74) is -1.79. The smallest absolute Gasteiger partial charge is 0.308 e. The van der Waals surface area contributed by atoms with Crippen molar-refractivity contribution in [2.24, 2.45) is 0 Å². The van der Waals surface area contributed by atoms with E-state index >= 15 is 0 Å². The Morgan fingerprint density at radius 3 is 2.33 bits per heavy atom. The Hall–Kier alpha value is -1.30. The van der Waals surface area contributed by atoms with Crippen molar-refractivity contribution in [3.63, 3.8) is 0 Å². The van der Waals surface area contributed by atoms with Crippen LogP contribution in [0.5, 0.6) is 0 Å². The molecule has 1 rings (SSSR count). The van der Waals surface area contributed by atoms with Gasteiger partial charge in [0, 0.05) is 0 Å². The van der Waals surface area contributed by atoms with Crippen LogP contribution in [0, 0.1) is 0 Å². The molecule has 7 atom stereocenters. The maximum absolute atomic E-state index is 11.8. The van der Waals surface area contributed by atoms with Gasteiger partial charge in [-0.05, 0) is 20.3 Å². The summed E-state index contributed by atoms with van der Waals surface area (Å²) in [6.07, 6.45) is -6.84. The number of esters is 1. The third-order valence-corrected chi connectivity index (χ3v) is 4.20. The van der Waals surface area contributed by atoms with Crippen LogP contribution in [0.3, 0.4) is 0 Å². The number of carboxylic acid groups (broad SMARTS) is 1. The van der Waals surface area contributed by atoms with E-state index < -0.39 is 67.7 Å². The van der Waals surface area contributed by atoms with Crippen LogP contribution in [0.4, 0.5) is 0 Å². The second kappa shape index (κ2) is 10.3. The third-order valence-electron chi connectivity index (χ3n) is 4.20. The first-order chi connectivity index (χ1) is 12.5. The van der Waals surface area contributed by atoms with Crippen LogP contribution in [0.25, 0.3) is 0 Å². The van der Waals surface area contributed by atoms with Crippen LogP contribution in [-0.4, -0.2) is 86.5 Å². The molecule has 1 fully saturated rings. The van der Waals surface area contributed by atoms with Crippen molar-refractivity contribution >= 4 is 11.9 Å². The first-order valence-electron chi connectivity index (χ1n) is 8.91. The van der Waals surface area contributed by atoms with Gasteiger partial charge in [0.05, 0.1) is 24.5 Å². The molecule has 0 aromatic heterocycles. The molecule has 0 bridgehead atoms. The van der Waals surface area contributed by atoms with Crippen molar-refractivity contribution in [2.75, 3.05) is 6.61 Å². The summed E-state index contributed by atoms with van der Waals surface area (Å²) < 4.78 is 15.9. The van der Waals surface area contributed by atoms with Gasteiger partial charge in [0.2, 0.25) is 0 Å². The Bertz CT molecular complexity index is 494. The number of hydrogen-bond donors (Lipinski definition) is 5. The van der Waals surface area contributed by atoms with E-state index in [0.717, 1.165) is 6.42 Å². The van der Waals surface area contributed by atoms with Crippen LogP contribution in [-0.2, 0) is 23.8 Å². The minimum atomic E-state index is -1.79. The van der Waals surface area contributed by atoms with Crippen molar-refractivity contribution < 1.29 is 49.3 Å². The van der Waals surface area contributed by atoms with E-state index in [1.807, 2.05) is 6.92 Å². The molecule has 0 radical (unpaired) electrons. The van der Waals surface area contributed by atoms with Crippen LogP contribution in [0.2, 0.25) is 0 Å². The zero-order valence-corrected chi connectivity index (χ0v) is 15.8. The largest absolute Gasteiger partial charge is 0.481 e. The number of aliphatic hydroxyl groups is 4. The van der Waals surface area contributed by atoms with E-state index in [4.69, 9.17) is 19.3 Å². The topological polar surface area (TPSA) is 163 Å². The average molecular weight is 394 g/mol. The Morgan fingerprint density at radius 2 is 1.78 bits per heavy atom. The van der Waals surface area contributed by atoms with Crippen LogP contribution in [0.15, 0.2) is 0 Å². The zero-order valence-electron chi connectivity index (χ0n) is 15.8. The standard InChI is InChI=1S/C17H30O10/c1-4-5-9(2)26-16-15(23)14(22)13(21)10(27-16)8-25-12(20)7-17(3,24)6-11(18)19/h9-10,13-16,21-24H,4-8H2,1-3H3,(H,18,19)/t9-,10?,13?,14?,15?,16?,17?/m0/s1. The van der Waals surface area contributed by atoms with Crippen LogP contribution >= 0.6 is 0 Å². The second-order valence-electron chi connectivity index (χ2n) is 7.18. The molecule has 0 spiro atoms. The first-order valence-corrected chi connectivity index (χ1v) is 8.91. The fourth-order valence-electron chi connectivity index (χ4n) is 2.80. The monoisotopic (exact) mass is 394 g/mol. The van der Waals surface area contributed by atoms with Crippen molar-refractivity contribution in [3.05, 3.63) is 0 Å². The molecule has 10 nitrogen and oxygen atoms in total. The summed E-state index contributed by atoms with van der Waals surface area (Å²) in [6.45, 7) is 4.46. The first kappa shape index (κ1) is 23.7. The molecular weight excluding hydrogens is 364 g/mol. The highest BCUT2D eigenvalue weighted by Gasteiger charge is 2.45. The number of carboxylic acids is 1. The predicted molar refractivity (Wildman–Crippen MR) is 90.6 cm³/mol. The van der Waals surface area contributed by atoms with Gasteiger partial charge in [-0.25, -0.2) is 0 Å². The molecular formula is C17H30O10. The van der Waals surface area contributed by atoms with E-state index in [1.165, 1.54) is 6.92 Å². The lowest BCUT2D eigenvalue weighted by atomic mass is 9.98. The highest BCUT2D eigenvalue weighted by atomic mass is 16.7. The average Bonchev–Trinajstić information content (AvgIpc) is 2.52. The second-order valence-corrected chi connectivity index (χ2v) is 7.18. The van der Waals surface area contributed by atoms with Crippen LogP contribution < -0.4 is 0 Å². The van der Waals surface area contributed by atoms with Gasteiger partial charge < -0.3 is 39.7 Å². The number of aliphatic carboxylic acids is 1. The lowest BCUT2D eigenvalue weighted by molar-refractivity contribution is -0.310. The highest BCUT2D eigenvalue weighted by Crippen LogP contribution is 2.24. The maximum Gasteiger partial charge on any atom is 0.308 e. The summed E-state index contributed by atoms with van der Waals surface area (Å²) in [4.78, 5) is 22.5. The van der Waals surface area contributed by atoms with Gasteiger partial charge in [-0.15, -0.1) is 0 Å². The number of aliphatic hydroxyl groups excluding tert-OH is 3. The molecule has 5 N–H and O–H groups in total. The molecule has 6 unspecified atom stereocenters. The number of carbonyl (C=O) groups excluding carboxylic acids is 1. The van der Waals surface area contributed by atoms with E-state index in [1.54, 1.807) is 6.92 Å². The molecule has 0 saturated carbocycles. The molecule has 1 aliphatic rings. The van der Waals surface area contributed by atoms with Crippen LogP contribution in [0.1, 0.15) is 46.5 Å². The normalized spacial score (nSPS) is 31.7. The van der Waals surface area contributed by atoms with Gasteiger partial charge in [0.1, 0.15) is 31.0 Å². The maximum atomic E-state index is 11.8. The Kier molecular flexibility index (Phi) is 9.06. The molecule has 1 heterocycles. The fraction of sp³-hybridized carbons (Fsp3) is 0.882. The summed E-state index contributed by atoms with van der Waals surface area (Å²) in [5.74, 6) is -2.16. The number of ether oxygens (including phenoxy) is 3. The van der Waals surface area contributed by atoms with Gasteiger partial charge >= 0.3 is 11.9 Å². The number of rotatable bonds is 10. The minimum Gasteiger partial charge on any atom is -0.481 e. The molecule has 1 saturated heterocycles. The van der Waals surface area contributed by atoms with Crippen molar-refractivity contribution in [1.29, 1.82) is 0 Å². The van der Waals surface area contributed by atoms with Crippen molar-refractivity contribution in [2.45, 2.75) is 88.9 Å². The molecule has 0 aliphatic carbocycles. The lowest BCUT2D eigenvalue weighted by Gasteiger charge is -2.40. The Labute approximate surface area is 157 Å². The van der Waals surface area contributed by atoms with E-state index in [9.17, 15) is 30.0 Å². The minimum absolute atomic E-state index is 0.258. The Balaban J connectivity index is 2.61. The number of hydrogen-bond acceptors (Lipinski definition) is 9. The summed E-state index contributed by atoms with van der Waals surface area (Å²) in [7, 11) is 0. The lowest BCUT2D eigenvalue weighted by Crippen LogP contribution is -2.59. The SMILES string of the molecule is CCC[C@H](C)OC1OC(COC(=O)CC(C)(O)CC(=O)O)C(O)C(O)C1O. The number of carbonyl (C=O) groups is 2. The Morgan fingerprint density at radius 1 is 1.15 bits per heavy atom. The molecule has 0 aromatic rings. The molecule has 27 heavy (non-hydrogen) atoms. The van der Waals surface area contributed by atoms with E-state index in [2.05, 4.69) is 0 Å². The molecule has 10 heteroatoms. The van der Waals surface area contributed by atoms with Crippen molar-refractivity contribution in [3.8, 4) is 0 Å². The molecule has 1 aliphatic heterocycles. The highest BCUT2D eigenvalue weighted by molar-refractivity contribution is 5.73. The summed E-state index contributed by atoms with van der Waals surface area (Å²) in [5, 5.41) is 48.5. The van der Waals surface area contributed by atoms with E-state index in [0.29, 0.717) is 6.42 Å². The van der Waals surface area contributed by atoms with Crippen molar-refractivity contribution in [1.82, 2.24) is 0 Å². The van der Waals surface area contributed by atoms with Gasteiger partial charge in [0.25, 0.3) is 0 Å². The summed E-state index contributed by atoms with van der Waals surface area (Å²) >= 11 is 0. The van der Waals surface area contributed by atoms with E-state index in [-0.39, 0.29) is 6.10 Å². The van der Waals surface area contributed by atoms with Gasteiger partial charge in [-0.3, -0.25) is 9.59 Å². The molecule has 0 aromatic carbocycles. The predicted octanol–water partition coefficient (Wildman–Crippen LogP) is -0.842. The third kappa shape index (κ3) is 7.68.